The summed E-state index contributed by atoms with van der Waals surface area (Å²) < 4.78 is 11.1. The summed E-state index contributed by atoms with van der Waals surface area (Å²) in [5.74, 6) is 1.69. The minimum absolute atomic E-state index is 0.0567. The van der Waals surface area contributed by atoms with Crippen molar-refractivity contribution < 1.29 is 9.47 Å². The lowest BCUT2D eigenvalue weighted by Gasteiger charge is -2.36. The van der Waals surface area contributed by atoms with Gasteiger partial charge in [-0.25, -0.2) is 0 Å². The van der Waals surface area contributed by atoms with Gasteiger partial charge in [-0.2, -0.15) is 0 Å². The summed E-state index contributed by atoms with van der Waals surface area (Å²) in [7, 11) is 0. The Morgan fingerprint density at radius 3 is 2.31 bits per heavy atom. The molecule has 0 aromatic heterocycles. The summed E-state index contributed by atoms with van der Waals surface area (Å²) in [5.41, 5.74) is 0. The van der Waals surface area contributed by atoms with Crippen molar-refractivity contribution in [1.29, 1.82) is 0 Å². The van der Waals surface area contributed by atoms with Crippen LogP contribution in [0.25, 0.3) is 0 Å². The molecule has 94 valence electrons. The average molecular weight is 227 g/mol. The molecule has 0 bridgehead atoms. The van der Waals surface area contributed by atoms with Crippen LogP contribution in [0.1, 0.15) is 33.1 Å². The van der Waals surface area contributed by atoms with Crippen molar-refractivity contribution in [2.75, 3.05) is 32.8 Å². The summed E-state index contributed by atoms with van der Waals surface area (Å²) in [6.07, 6.45) is 3.52. The smallest absolute Gasteiger partial charge is 0.158 e. The second-order valence-electron chi connectivity index (χ2n) is 5.52. The van der Waals surface area contributed by atoms with Gasteiger partial charge < -0.3 is 14.4 Å². The predicted molar refractivity (Wildman–Crippen MR) is 64.3 cm³/mol. The third-order valence-corrected chi connectivity index (χ3v) is 3.52. The molecular weight excluding hydrogens is 202 g/mol. The van der Waals surface area contributed by atoms with Gasteiger partial charge in [-0.15, -0.1) is 0 Å². The Bertz CT molecular complexity index is 194. The van der Waals surface area contributed by atoms with Crippen LogP contribution in [-0.2, 0) is 9.47 Å². The van der Waals surface area contributed by atoms with Gasteiger partial charge in [0.2, 0.25) is 0 Å². The highest BCUT2D eigenvalue weighted by Crippen LogP contribution is 2.21. The van der Waals surface area contributed by atoms with Crippen molar-refractivity contribution in [1.82, 2.24) is 4.90 Å². The maximum absolute atomic E-state index is 5.57. The van der Waals surface area contributed by atoms with Crippen LogP contribution < -0.4 is 0 Å². The zero-order valence-corrected chi connectivity index (χ0v) is 10.7. The predicted octanol–water partition coefficient (Wildman–Crippen LogP) is 2.12. The van der Waals surface area contributed by atoms with E-state index in [0.29, 0.717) is 0 Å². The average Bonchev–Trinajstić information content (AvgIpc) is 2.27. The standard InChI is InChI=1S/C13H25NO2/c1-11-8-12(2)10-14(9-11)5-4-13-15-6-3-7-16-13/h11-13H,3-10H2,1-2H3. The van der Waals surface area contributed by atoms with Crippen LogP contribution in [0.5, 0.6) is 0 Å². The fraction of sp³-hybridized carbons (Fsp3) is 1.00. The van der Waals surface area contributed by atoms with E-state index >= 15 is 0 Å². The molecule has 0 saturated carbocycles. The summed E-state index contributed by atoms with van der Waals surface area (Å²) in [4.78, 5) is 2.57. The molecule has 3 nitrogen and oxygen atoms in total. The Hall–Kier alpha value is -0.120. The summed E-state index contributed by atoms with van der Waals surface area (Å²) in [6.45, 7) is 10.1. The van der Waals surface area contributed by atoms with E-state index in [4.69, 9.17) is 9.47 Å². The maximum atomic E-state index is 5.57. The van der Waals surface area contributed by atoms with Crippen molar-refractivity contribution in [3.63, 3.8) is 0 Å². The molecule has 2 aliphatic heterocycles. The first-order valence-electron chi connectivity index (χ1n) is 6.69. The zero-order valence-electron chi connectivity index (χ0n) is 10.7. The van der Waals surface area contributed by atoms with Gasteiger partial charge in [0.25, 0.3) is 0 Å². The van der Waals surface area contributed by atoms with Gasteiger partial charge in [0.05, 0.1) is 13.2 Å². The van der Waals surface area contributed by atoms with Gasteiger partial charge in [0.1, 0.15) is 0 Å². The normalized spacial score (nSPS) is 34.1. The molecule has 2 aliphatic rings. The molecule has 0 spiro atoms. The Labute approximate surface area is 99.1 Å². The molecule has 2 unspecified atom stereocenters. The second-order valence-corrected chi connectivity index (χ2v) is 5.52. The van der Waals surface area contributed by atoms with E-state index in [2.05, 4.69) is 18.7 Å². The second kappa shape index (κ2) is 5.99. The highest BCUT2D eigenvalue weighted by Gasteiger charge is 2.23. The molecule has 2 saturated heterocycles. The number of piperidine rings is 1. The molecule has 0 amide bonds. The van der Waals surface area contributed by atoms with Crippen LogP contribution in [0.15, 0.2) is 0 Å². The Kier molecular flexibility index (Phi) is 4.62. The Morgan fingerprint density at radius 2 is 1.69 bits per heavy atom. The van der Waals surface area contributed by atoms with Gasteiger partial charge in [-0.1, -0.05) is 13.8 Å². The van der Waals surface area contributed by atoms with E-state index in [0.717, 1.165) is 44.4 Å². The summed E-state index contributed by atoms with van der Waals surface area (Å²) >= 11 is 0. The molecular formula is C13H25NO2. The molecule has 0 aromatic rings. The van der Waals surface area contributed by atoms with Crippen LogP contribution in [0.2, 0.25) is 0 Å². The van der Waals surface area contributed by atoms with E-state index in [1.807, 2.05) is 0 Å². The zero-order chi connectivity index (χ0) is 11.4. The molecule has 0 aliphatic carbocycles. The molecule has 16 heavy (non-hydrogen) atoms. The van der Waals surface area contributed by atoms with Gasteiger partial charge in [-0.05, 0) is 24.7 Å². The molecule has 3 heteroatoms. The van der Waals surface area contributed by atoms with Crippen LogP contribution in [0.4, 0.5) is 0 Å². The van der Waals surface area contributed by atoms with Crippen molar-refractivity contribution in [2.24, 2.45) is 11.8 Å². The first kappa shape index (κ1) is 12.3. The van der Waals surface area contributed by atoms with E-state index in [1.165, 1.54) is 19.5 Å². The van der Waals surface area contributed by atoms with Crippen molar-refractivity contribution >= 4 is 0 Å². The van der Waals surface area contributed by atoms with Gasteiger partial charge in [-0.3, -0.25) is 0 Å². The SMILES string of the molecule is CC1CC(C)CN(CCC2OCCCO2)C1. The minimum Gasteiger partial charge on any atom is -0.353 e. The van der Waals surface area contributed by atoms with E-state index in [-0.39, 0.29) is 6.29 Å². The molecule has 0 radical (unpaired) electrons. The summed E-state index contributed by atoms with van der Waals surface area (Å²) in [6, 6.07) is 0. The number of ether oxygens (including phenoxy) is 2. The quantitative estimate of drug-likeness (QED) is 0.737. The van der Waals surface area contributed by atoms with Gasteiger partial charge in [0.15, 0.2) is 6.29 Å². The highest BCUT2D eigenvalue weighted by atomic mass is 16.7. The maximum Gasteiger partial charge on any atom is 0.158 e. The molecule has 0 N–H and O–H groups in total. The summed E-state index contributed by atoms with van der Waals surface area (Å²) in [5, 5.41) is 0. The number of likely N-dealkylation sites (tertiary alicyclic amines) is 1. The number of hydrogen-bond donors (Lipinski definition) is 0. The third kappa shape index (κ3) is 3.72. The molecule has 2 heterocycles. The lowest BCUT2D eigenvalue weighted by molar-refractivity contribution is -0.183. The molecule has 2 rings (SSSR count). The lowest BCUT2D eigenvalue weighted by Crippen LogP contribution is -2.40. The first-order valence-corrected chi connectivity index (χ1v) is 6.69. The molecule has 0 aromatic carbocycles. The van der Waals surface area contributed by atoms with E-state index < -0.39 is 0 Å². The van der Waals surface area contributed by atoms with Crippen molar-refractivity contribution in [3.8, 4) is 0 Å². The fourth-order valence-electron chi connectivity index (χ4n) is 2.97. The van der Waals surface area contributed by atoms with Crippen molar-refractivity contribution in [2.45, 2.75) is 39.4 Å². The molecule has 2 atom stereocenters. The van der Waals surface area contributed by atoms with Crippen LogP contribution in [0.3, 0.4) is 0 Å². The first-order chi connectivity index (χ1) is 7.74. The largest absolute Gasteiger partial charge is 0.353 e. The van der Waals surface area contributed by atoms with Crippen molar-refractivity contribution in [3.05, 3.63) is 0 Å². The monoisotopic (exact) mass is 227 g/mol. The Morgan fingerprint density at radius 1 is 1.06 bits per heavy atom. The van der Waals surface area contributed by atoms with Gasteiger partial charge in [0, 0.05) is 26.1 Å². The molecule has 2 fully saturated rings. The number of rotatable bonds is 3. The minimum atomic E-state index is 0.0567. The van der Waals surface area contributed by atoms with E-state index in [1.54, 1.807) is 0 Å². The topological polar surface area (TPSA) is 21.7 Å². The van der Waals surface area contributed by atoms with Crippen LogP contribution in [-0.4, -0.2) is 44.0 Å². The fourth-order valence-corrected chi connectivity index (χ4v) is 2.97. The Balaban J connectivity index is 1.68. The lowest BCUT2D eigenvalue weighted by atomic mass is 9.92. The number of nitrogens with zero attached hydrogens (tertiary/aromatic N) is 1. The van der Waals surface area contributed by atoms with Gasteiger partial charge >= 0.3 is 0 Å². The third-order valence-electron chi connectivity index (χ3n) is 3.52. The number of hydrogen-bond acceptors (Lipinski definition) is 3. The van der Waals surface area contributed by atoms with E-state index in [9.17, 15) is 0 Å². The highest BCUT2D eigenvalue weighted by molar-refractivity contribution is 4.74. The van der Waals surface area contributed by atoms with Crippen LogP contribution in [0, 0.1) is 11.8 Å². The van der Waals surface area contributed by atoms with Crippen LogP contribution >= 0.6 is 0 Å².